The Kier molecular flexibility index (Phi) is 2.19. The first kappa shape index (κ1) is 9.83. The highest BCUT2D eigenvalue weighted by Crippen LogP contribution is 2.54. The molecule has 1 saturated carbocycles. The van der Waals surface area contributed by atoms with Crippen LogP contribution in [0.25, 0.3) is 0 Å². The monoisotopic (exact) mass is 188 g/mol. The quantitative estimate of drug-likeness (QED) is 0.651. The largest absolute Gasteiger partial charge is 0.506 e. The number of methoxy groups -OCH3 is 1. The highest BCUT2D eigenvalue weighted by Gasteiger charge is 2.66. The number of rotatable bonds is 2. The molecule has 1 aliphatic carbocycles. The number of hydrogen-bond donors (Lipinski definition) is 1. The lowest BCUT2D eigenvalue weighted by atomic mass is 10.1. The summed E-state index contributed by atoms with van der Waals surface area (Å²) in [4.78, 5) is 21.3. The van der Waals surface area contributed by atoms with Crippen molar-refractivity contribution in [2.75, 3.05) is 7.11 Å². The molecule has 74 valence electrons. The van der Waals surface area contributed by atoms with Gasteiger partial charge in [0.1, 0.15) is 12.0 Å². The summed E-state index contributed by atoms with van der Waals surface area (Å²) >= 11 is 0. The van der Waals surface area contributed by atoms with Gasteiger partial charge >= 0.3 is 12.1 Å². The summed E-state index contributed by atoms with van der Waals surface area (Å²) in [6.07, 6.45) is -1.93. The van der Waals surface area contributed by atoms with E-state index < -0.39 is 29.6 Å². The van der Waals surface area contributed by atoms with Gasteiger partial charge in [0.25, 0.3) is 0 Å². The Hall–Kier alpha value is -1.26. The van der Waals surface area contributed by atoms with Gasteiger partial charge in [-0.2, -0.15) is 0 Å². The molecule has 1 rings (SSSR count). The zero-order valence-electron chi connectivity index (χ0n) is 7.73. The highest BCUT2D eigenvalue weighted by molar-refractivity contribution is 5.79. The molecule has 0 spiro atoms. The molecule has 0 aromatic carbocycles. The molecular formula is C8H12O5. The summed E-state index contributed by atoms with van der Waals surface area (Å²) in [6, 6.07) is 0. The molecule has 2 atom stereocenters. The van der Waals surface area contributed by atoms with Crippen molar-refractivity contribution in [1.82, 2.24) is 0 Å². The molecule has 0 bridgehead atoms. The third-order valence-electron chi connectivity index (χ3n) is 2.41. The van der Waals surface area contributed by atoms with Gasteiger partial charge in [0, 0.05) is 5.41 Å². The van der Waals surface area contributed by atoms with Crippen LogP contribution in [0.15, 0.2) is 0 Å². The number of ether oxygens (including phenoxy) is 2. The smallest absolute Gasteiger partial charge is 0.469 e. The average Bonchev–Trinajstić information content (AvgIpc) is 2.51. The minimum Gasteiger partial charge on any atom is -0.469 e. The first-order valence-corrected chi connectivity index (χ1v) is 3.88. The number of esters is 1. The standard InChI is InChI=1S/C8H12O5/c1-8(2)4(6(9)12-3)5(8)13-7(10)11/h4-5H,1-3H3,(H,10,11). The third-order valence-corrected chi connectivity index (χ3v) is 2.41. The Balaban J connectivity index is 2.60. The van der Waals surface area contributed by atoms with Crippen LogP contribution in [0.2, 0.25) is 0 Å². The second-order valence-electron chi connectivity index (χ2n) is 3.63. The van der Waals surface area contributed by atoms with Crippen LogP contribution in [0.5, 0.6) is 0 Å². The van der Waals surface area contributed by atoms with Crippen LogP contribution in [-0.4, -0.2) is 30.4 Å². The van der Waals surface area contributed by atoms with E-state index in [1.807, 2.05) is 0 Å². The Labute approximate surface area is 75.6 Å². The van der Waals surface area contributed by atoms with Gasteiger partial charge < -0.3 is 14.6 Å². The van der Waals surface area contributed by atoms with E-state index in [0.717, 1.165) is 0 Å². The average molecular weight is 188 g/mol. The molecule has 0 amide bonds. The molecule has 5 heteroatoms. The van der Waals surface area contributed by atoms with Crippen molar-refractivity contribution in [3.05, 3.63) is 0 Å². The molecule has 1 aliphatic rings. The van der Waals surface area contributed by atoms with Gasteiger partial charge in [-0.05, 0) is 0 Å². The molecule has 2 unspecified atom stereocenters. The molecule has 1 N–H and O–H groups in total. The summed E-state index contributed by atoms with van der Waals surface area (Å²) < 4.78 is 9.04. The SMILES string of the molecule is COC(=O)C1C(OC(=O)O)C1(C)C. The van der Waals surface area contributed by atoms with Crippen molar-refractivity contribution in [2.45, 2.75) is 20.0 Å². The van der Waals surface area contributed by atoms with E-state index in [0.29, 0.717) is 0 Å². The molecule has 0 saturated heterocycles. The minimum atomic E-state index is -1.36. The zero-order chi connectivity index (χ0) is 10.2. The molecule has 0 radical (unpaired) electrons. The Bertz CT molecular complexity index is 245. The normalized spacial score (nSPS) is 29.2. The zero-order valence-corrected chi connectivity index (χ0v) is 7.73. The first-order valence-electron chi connectivity index (χ1n) is 3.88. The van der Waals surface area contributed by atoms with Crippen molar-refractivity contribution in [2.24, 2.45) is 11.3 Å². The molecule has 0 aromatic rings. The van der Waals surface area contributed by atoms with Crippen LogP contribution >= 0.6 is 0 Å². The van der Waals surface area contributed by atoms with Crippen LogP contribution in [0, 0.1) is 11.3 Å². The lowest BCUT2D eigenvalue weighted by molar-refractivity contribution is -0.143. The van der Waals surface area contributed by atoms with Crippen LogP contribution in [0.4, 0.5) is 4.79 Å². The molecule has 5 nitrogen and oxygen atoms in total. The first-order chi connectivity index (χ1) is 5.91. The van der Waals surface area contributed by atoms with E-state index in [1.54, 1.807) is 13.8 Å². The van der Waals surface area contributed by atoms with Gasteiger partial charge in [-0.1, -0.05) is 13.8 Å². The van der Waals surface area contributed by atoms with Gasteiger partial charge in [0.15, 0.2) is 0 Å². The molecule has 0 aromatic heterocycles. The maximum absolute atomic E-state index is 11.1. The Morgan fingerprint density at radius 2 is 1.92 bits per heavy atom. The second-order valence-corrected chi connectivity index (χ2v) is 3.63. The second kappa shape index (κ2) is 2.90. The molecule has 0 heterocycles. The molecular weight excluding hydrogens is 176 g/mol. The molecule has 1 fully saturated rings. The van der Waals surface area contributed by atoms with Crippen molar-refractivity contribution in [3.63, 3.8) is 0 Å². The summed E-state index contributed by atoms with van der Waals surface area (Å²) in [5, 5.41) is 8.35. The fourth-order valence-corrected chi connectivity index (χ4v) is 1.47. The number of hydrogen-bond acceptors (Lipinski definition) is 4. The van der Waals surface area contributed by atoms with Gasteiger partial charge in [-0.3, -0.25) is 4.79 Å². The van der Waals surface area contributed by atoms with Gasteiger partial charge in [0.05, 0.1) is 7.11 Å². The topological polar surface area (TPSA) is 72.8 Å². The van der Waals surface area contributed by atoms with E-state index >= 15 is 0 Å². The third kappa shape index (κ3) is 1.59. The van der Waals surface area contributed by atoms with Gasteiger partial charge in [-0.15, -0.1) is 0 Å². The Morgan fingerprint density at radius 1 is 1.38 bits per heavy atom. The summed E-state index contributed by atoms with van der Waals surface area (Å²) in [7, 11) is 1.27. The van der Waals surface area contributed by atoms with Gasteiger partial charge in [-0.25, -0.2) is 4.79 Å². The van der Waals surface area contributed by atoms with E-state index in [-0.39, 0.29) is 0 Å². The molecule has 13 heavy (non-hydrogen) atoms. The van der Waals surface area contributed by atoms with Crippen molar-refractivity contribution in [3.8, 4) is 0 Å². The summed E-state index contributed by atoms with van der Waals surface area (Å²) in [5.74, 6) is -0.884. The predicted molar refractivity (Wildman–Crippen MR) is 42.2 cm³/mol. The summed E-state index contributed by atoms with van der Waals surface area (Å²) in [6.45, 7) is 3.53. The molecule has 0 aliphatic heterocycles. The van der Waals surface area contributed by atoms with Crippen LogP contribution < -0.4 is 0 Å². The van der Waals surface area contributed by atoms with Crippen molar-refractivity contribution in [1.29, 1.82) is 0 Å². The minimum absolute atomic E-state index is 0.420. The van der Waals surface area contributed by atoms with Crippen LogP contribution in [0.1, 0.15) is 13.8 Å². The van der Waals surface area contributed by atoms with Gasteiger partial charge in [0.2, 0.25) is 0 Å². The fourth-order valence-electron chi connectivity index (χ4n) is 1.47. The maximum Gasteiger partial charge on any atom is 0.506 e. The summed E-state index contributed by atoms with van der Waals surface area (Å²) in [5.41, 5.74) is -0.439. The maximum atomic E-state index is 11.1. The van der Waals surface area contributed by atoms with Crippen molar-refractivity contribution < 1.29 is 24.2 Å². The van der Waals surface area contributed by atoms with Crippen molar-refractivity contribution >= 4 is 12.1 Å². The number of carbonyl (C=O) groups is 2. The van der Waals surface area contributed by atoms with Crippen LogP contribution in [0.3, 0.4) is 0 Å². The van der Waals surface area contributed by atoms with E-state index in [9.17, 15) is 9.59 Å². The number of carbonyl (C=O) groups excluding carboxylic acids is 1. The fraction of sp³-hybridized carbons (Fsp3) is 0.750. The predicted octanol–water partition coefficient (Wildman–Crippen LogP) is 0.879. The van der Waals surface area contributed by atoms with Crippen LogP contribution in [-0.2, 0) is 14.3 Å². The van der Waals surface area contributed by atoms with E-state index in [2.05, 4.69) is 9.47 Å². The lowest BCUT2D eigenvalue weighted by Gasteiger charge is -1.99. The Morgan fingerprint density at radius 3 is 2.31 bits per heavy atom. The van der Waals surface area contributed by atoms with E-state index in [4.69, 9.17) is 5.11 Å². The van der Waals surface area contributed by atoms with E-state index in [1.165, 1.54) is 7.11 Å². The number of carboxylic acid groups (broad SMARTS) is 1. The lowest BCUT2D eigenvalue weighted by Crippen LogP contribution is -2.10. The highest BCUT2D eigenvalue weighted by atomic mass is 16.7.